The molecule has 0 aromatic heterocycles. The summed E-state index contributed by atoms with van der Waals surface area (Å²) in [5, 5.41) is 11.2. The van der Waals surface area contributed by atoms with Crippen LogP contribution in [-0.2, 0) is 4.79 Å². The number of nitrogens with one attached hydrogen (secondary N) is 1. The molecule has 104 valence electrons. The molecule has 1 aliphatic rings. The van der Waals surface area contributed by atoms with Crippen LogP contribution in [0.5, 0.6) is 0 Å². The molecule has 1 rings (SSSR count). The van der Waals surface area contributed by atoms with Crippen LogP contribution >= 0.6 is 0 Å². The second kappa shape index (κ2) is 6.58. The van der Waals surface area contributed by atoms with Crippen LogP contribution in [0.25, 0.3) is 0 Å². The van der Waals surface area contributed by atoms with Crippen LogP contribution in [0.1, 0.15) is 19.8 Å². The summed E-state index contributed by atoms with van der Waals surface area (Å²) in [4.78, 5) is 26.3. The van der Waals surface area contributed by atoms with Crippen molar-refractivity contribution in [1.29, 1.82) is 0 Å². The molecule has 0 aliphatic carbocycles. The average molecular weight is 257 g/mol. The minimum atomic E-state index is -1.01. The highest BCUT2D eigenvalue weighted by molar-refractivity contribution is 5.82. The van der Waals surface area contributed by atoms with Gasteiger partial charge in [-0.3, -0.25) is 4.79 Å². The number of aliphatic carboxylic acids is 1. The van der Waals surface area contributed by atoms with E-state index in [1.165, 1.54) is 6.92 Å². The zero-order valence-electron chi connectivity index (χ0n) is 11.3. The number of carboxylic acid groups (broad SMARTS) is 1. The Labute approximate surface area is 108 Å². The fourth-order valence-electron chi connectivity index (χ4n) is 2.17. The van der Waals surface area contributed by atoms with Gasteiger partial charge in [-0.05, 0) is 39.8 Å². The van der Waals surface area contributed by atoms with E-state index in [0.717, 1.165) is 19.4 Å². The largest absolute Gasteiger partial charge is 0.480 e. The van der Waals surface area contributed by atoms with Gasteiger partial charge >= 0.3 is 12.0 Å². The first-order valence-electron chi connectivity index (χ1n) is 6.33. The number of carbonyl (C=O) groups is 2. The van der Waals surface area contributed by atoms with Gasteiger partial charge in [0.2, 0.25) is 0 Å². The Kier molecular flexibility index (Phi) is 5.40. The molecule has 0 spiro atoms. The molecule has 1 fully saturated rings. The van der Waals surface area contributed by atoms with Gasteiger partial charge in [-0.15, -0.1) is 0 Å². The van der Waals surface area contributed by atoms with Crippen LogP contribution in [0, 0.1) is 5.92 Å². The summed E-state index contributed by atoms with van der Waals surface area (Å²) < 4.78 is 0. The molecule has 0 aromatic rings. The number of piperidine rings is 1. The smallest absolute Gasteiger partial charge is 0.325 e. The maximum Gasteiger partial charge on any atom is 0.325 e. The Morgan fingerprint density at radius 2 is 1.94 bits per heavy atom. The highest BCUT2D eigenvalue weighted by Gasteiger charge is 2.24. The molecule has 0 bridgehead atoms. The standard InChI is InChI=1S/C12H23N3O3/c1-9(11(16)17)13-12(18)15-6-4-10(5-7-15)8-14(2)3/h9-10H,4-8H2,1-3H3,(H,13,18)(H,16,17). The zero-order chi connectivity index (χ0) is 13.7. The normalized spacial score (nSPS) is 18.8. The molecular formula is C12H23N3O3. The summed E-state index contributed by atoms with van der Waals surface area (Å²) in [6.45, 7) is 3.92. The predicted molar refractivity (Wildman–Crippen MR) is 68.5 cm³/mol. The van der Waals surface area contributed by atoms with Crippen molar-refractivity contribution >= 4 is 12.0 Å². The Hall–Kier alpha value is -1.30. The lowest BCUT2D eigenvalue weighted by atomic mass is 9.97. The van der Waals surface area contributed by atoms with Crippen molar-refractivity contribution in [2.45, 2.75) is 25.8 Å². The second-order valence-electron chi connectivity index (χ2n) is 5.20. The van der Waals surface area contributed by atoms with Crippen LogP contribution in [0.15, 0.2) is 0 Å². The second-order valence-corrected chi connectivity index (χ2v) is 5.20. The Bertz CT molecular complexity index is 299. The van der Waals surface area contributed by atoms with Crippen LogP contribution in [0.3, 0.4) is 0 Å². The fourth-order valence-corrected chi connectivity index (χ4v) is 2.17. The van der Waals surface area contributed by atoms with E-state index in [1.807, 2.05) is 14.1 Å². The van der Waals surface area contributed by atoms with Crippen molar-refractivity contribution in [3.05, 3.63) is 0 Å². The third kappa shape index (κ3) is 4.52. The lowest BCUT2D eigenvalue weighted by molar-refractivity contribution is -0.138. The average Bonchev–Trinajstić information content (AvgIpc) is 2.28. The number of amides is 2. The van der Waals surface area contributed by atoms with Crippen molar-refractivity contribution in [2.75, 3.05) is 33.7 Å². The van der Waals surface area contributed by atoms with Gasteiger partial charge in [0, 0.05) is 19.6 Å². The number of carboxylic acids is 1. The van der Waals surface area contributed by atoms with E-state index >= 15 is 0 Å². The van der Waals surface area contributed by atoms with Crippen molar-refractivity contribution in [1.82, 2.24) is 15.1 Å². The topological polar surface area (TPSA) is 72.9 Å². The molecule has 6 heteroatoms. The van der Waals surface area contributed by atoms with E-state index in [4.69, 9.17) is 5.11 Å². The molecule has 2 amide bonds. The number of urea groups is 1. The van der Waals surface area contributed by atoms with Gasteiger partial charge in [-0.25, -0.2) is 4.79 Å². The van der Waals surface area contributed by atoms with E-state index in [0.29, 0.717) is 19.0 Å². The fraction of sp³-hybridized carbons (Fsp3) is 0.833. The Balaban J connectivity index is 2.34. The van der Waals surface area contributed by atoms with Crippen LogP contribution < -0.4 is 5.32 Å². The van der Waals surface area contributed by atoms with Gasteiger partial charge in [0.05, 0.1) is 0 Å². The van der Waals surface area contributed by atoms with Gasteiger partial charge in [-0.1, -0.05) is 0 Å². The lowest BCUT2D eigenvalue weighted by Gasteiger charge is -2.33. The molecule has 0 radical (unpaired) electrons. The first kappa shape index (κ1) is 14.8. The molecule has 0 aromatic carbocycles. The number of carbonyl (C=O) groups excluding carboxylic acids is 1. The maximum atomic E-state index is 11.8. The van der Waals surface area contributed by atoms with E-state index in [-0.39, 0.29) is 6.03 Å². The molecule has 1 saturated heterocycles. The number of nitrogens with zero attached hydrogens (tertiary/aromatic N) is 2. The van der Waals surface area contributed by atoms with Crippen LogP contribution in [-0.4, -0.2) is 66.7 Å². The van der Waals surface area contributed by atoms with E-state index in [2.05, 4.69) is 10.2 Å². The van der Waals surface area contributed by atoms with E-state index < -0.39 is 12.0 Å². The number of rotatable bonds is 4. The molecule has 1 heterocycles. The van der Waals surface area contributed by atoms with Gasteiger partial charge < -0.3 is 20.2 Å². The molecule has 1 aliphatic heterocycles. The van der Waals surface area contributed by atoms with Crippen molar-refractivity contribution < 1.29 is 14.7 Å². The molecule has 18 heavy (non-hydrogen) atoms. The van der Waals surface area contributed by atoms with E-state index in [1.54, 1.807) is 4.90 Å². The molecular weight excluding hydrogens is 234 g/mol. The minimum absolute atomic E-state index is 0.270. The Morgan fingerprint density at radius 3 is 2.39 bits per heavy atom. The number of hydrogen-bond donors (Lipinski definition) is 2. The van der Waals surface area contributed by atoms with E-state index in [9.17, 15) is 9.59 Å². The summed E-state index contributed by atoms with van der Waals surface area (Å²) >= 11 is 0. The van der Waals surface area contributed by atoms with Crippen LogP contribution in [0.2, 0.25) is 0 Å². The summed E-state index contributed by atoms with van der Waals surface area (Å²) in [6.07, 6.45) is 1.96. The minimum Gasteiger partial charge on any atom is -0.480 e. The maximum absolute atomic E-state index is 11.8. The first-order valence-corrected chi connectivity index (χ1v) is 6.33. The molecule has 1 unspecified atom stereocenters. The Morgan fingerprint density at radius 1 is 1.39 bits per heavy atom. The monoisotopic (exact) mass is 257 g/mol. The van der Waals surface area contributed by atoms with Crippen molar-refractivity contribution in [2.24, 2.45) is 5.92 Å². The lowest BCUT2D eigenvalue weighted by Crippen LogP contribution is -2.49. The first-order chi connectivity index (χ1) is 8.40. The van der Waals surface area contributed by atoms with Gasteiger partial charge in [0.25, 0.3) is 0 Å². The van der Waals surface area contributed by atoms with Crippen molar-refractivity contribution in [3.63, 3.8) is 0 Å². The molecule has 6 nitrogen and oxygen atoms in total. The molecule has 1 atom stereocenters. The molecule has 0 saturated carbocycles. The summed E-state index contributed by atoms with van der Waals surface area (Å²) in [5.74, 6) is -0.383. The third-order valence-corrected chi connectivity index (χ3v) is 3.24. The summed E-state index contributed by atoms with van der Waals surface area (Å²) in [6, 6.07) is -1.11. The number of hydrogen-bond acceptors (Lipinski definition) is 3. The third-order valence-electron chi connectivity index (χ3n) is 3.24. The molecule has 2 N–H and O–H groups in total. The van der Waals surface area contributed by atoms with Gasteiger partial charge in [-0.2, -0.15) is 0 Å². The predicted octanol–water partition coefficient (Wildman–Crippen LogP) is 0.443. The zero-order valence-corrected chi connectivity index (χ0v) is 11.3. The summed E-state index contributed by atoms with van der Waals surface area (Å²) in [7, 11) is 4.10. The number of likely N-dealkylation sites (tertiary alicyclic amines) is 1. The van der Waals surface area contributed by atoms with Gasteiger partial charge in [0.15, 0.2) is 0 Å². The summed E-state index contributed by atoms with van der Waals surface area (Å²) in [5.41, 5.74) is 0. The van der Waals surface area contributed by atoms with Gasteiger partial charge in [0.1, 0.15) is 6.04 Å². The van der Waals surface area contributed by atoms with Crippen LogP contribution in [0.4, 0.5) is 4.79 Å². The SMILES string of the molecule is CC(NC(=O)N1CCC(CN(C)C)CC1)C(=O)O. The quantitative estimate of drug-likeness (QED) is 0.766. The highest BCUT2D eigenvalue weighted by Crippen LogP contribution is 2.17. The highest BCUT2D eigenvalue weighted by atomic mass is 16.4. The van der Waals surface area contributed by atoms with Crippen molar-refractivity contribution in [3.8, 4) is 0 Å².